The van der Waals surface area contributed by atoms with Crippen LogP contribution in [0.25, 0.3) is 111 Å². The molecule has 0 atom stereocenters. The molecule has 0 fully saturated rings. The molecular weight excluding hydrogens is 825 g/mol. The van der Waals surface area contributed by atoms with E-state index >= 15 is 0 Å². The van der Waals surface area contributed by atoms with Crippen LogP contribution in [0.1, 0.15) is 27.8 Å². The minimum absolute atomic E-state index is 0.597. The Morgan fingerprint density at radius 3 is 1.09 bits per heavy atom. The summed E-state index contributed by atoms with van der Waals surface area (Å²) in [5, 5.41) is 14.9. The van der Waals surface area contributed by atoms with E-state index in [1.54, 1.807) is 0 Å². The maximum atomic E-state index is 10.3. The van der Waals surface area contributed by atoms with E-state index in [4.69, 9.17) is 4.98 Å². The summed E-state index contributed by atoms with van der Waals surface area (Å²) in [7, 11) is 0. The summed E-state index contributed by atoms with van der Waals surface area (Å²) in [6.07, 6.45) is 2.05. The lowest BCUT2D eigenvalue weighted by Crippen LogP contribution is -2.04. The average Bonchev–Trinajstić information content (AvgIpc) is 3.87. The number of nitrogens with zero attached hydrogens (tertiary/aromatic N) is 4. The van der Waals surface area contributed by atoms with Crippen LogP contribution in [0.4, 0.5) is 0 Å². The number of aromatic nitrogens is 3. The average molecular weight is 871 g/mol. The Bertz CT molecular complexity index is 3840. The Labute approximate surface area is 396 Å². The van der Waals surface area contributed by atoms with Crippen LogP contribution in [-0.4, -0.2) is 14.1 Å². The standard InChI is InChI=1S/C64H46N4/c1-40-10-5-15-45(28-40)49-20-24-54-55-25-21-50(46-16-6-11-41(2)29-46)34-60(55)67(59(54)33-49)63-39-66-64(37-58(63)53-19-9-14-44(32-53)38-65)68-61-35-51(47-17-7-12-42(3)30-47)22-26-56(61)57-27-23-52(36-62(57)68)48-18-8-13-43(4)31-48/h5-37,39H,1-4H3. The van der Waals surface area contributed by atoms with Gasteiger partial charge in [-0.15, -0.1) is 0 Å². The summed E-state index contributed by atoms with van der Waals surface area (Å²) < 4.78 is 4.73. The molecule has 12 aromatic rings. The zero-order valence-corrected chi connectivity index (χ0v) is 38.4. The van der Waals surface area contributed by atoms with Gasteiger partial charge in [-0.05, 0) is 120 Å². The smallest absolute Gasteiger partial charge is 0.138 e. The second kappa shape index (κ2) is 16.3. The highest BCUT2D eigenvalue weighted by atomic mass is 15.1. The molecule has 322 valence electrons. The minimum Gasteiger partial charge on any atom is -0.307 e. The quantitative estimate of drug-likeness (QED) is 0.160. The van der Waals surface area contributed by atoms with Crippen LogP contribution in [0.3, 0.4) is 0 Å². The Hall–Kier alpha value is -8.78. The van der Waals surface area contributed by atoms with Gasteiger partial charge in [0.05, 0.1) is 45.6 Å². The van der Waals surface area contributed by atoms with Crippen molar-refractivity contribution in [2.24, 2.45) is 0 Å². The molecular formula is C64H46N4. The molecule has 0 bridgehead atoms. The van der Waals surface area contributed by atoms with Gasteiger partial charge in [-0.1, -0.05) is 180 Å². The fourth-order valence-corrected chi connectivity index (χ4v) is 10.3. The third-order valence-corrected chi connectivity index (χ3v) is 13.6. The molecule has 0 aliphatic carbocycles. The molecule has 9 aromatic carbocycles. The van der Waals surface area contributed by atoms with Crippen LogP contribution in [0.2, 0.25) is 0 Å². The molecule has 68 heavy (non-hydrogen) atoms. The molecule has 0 amide bonds. The number of nitriles is 1. The number of fused-ring (bicyclic) bond motifs is 6. The molecule has 0 saturated heterocycles. The SMILES string of the molecule is Cc1cccc(-c2ccc3c4ccc(-c5cccc(C)c5)cc4n(-c4cc(-c5cccc(C#N)c5)c(-n5c6cc(-c7cccc(C)c7)ccc6c6ccc(-c7cccc(C)c7)cc65)cn4)c3c2)c1. The van der Waals surface area contributed by atoms with Crippen molar-refractivity contribution < 1.29 is 0 Å². The first-order chi connectivity index (χ1) is 33.3. The highest BCUT2D eigenvalue weighted by Crippen LogP contribution is 2.42. The van der Waals surface area contributed by atoms with E-state index in [1.165, 1.54) is 44.5 Å². The number of benzene rings is 9. The van der Waals surface area contributed by atoms with Crippen molar-refractivity contribution >= 4 is 43.6 Å². The molecule has 12 rings (SSSR count). The van der Waals surface area contributed by atoms with Gasteiger partial charge in [-0.3, -0.25) is 4.57 Å². The predicted octanol–water partition coefficient (Wildman–Crippen LogP) is 16.7. The van der Waals surface area contributed by atoms with Gasteiger partial charge >= 0.3 is 0 Å². The van der Waals surface area contributed by atoms with Gasteiger partial charge in [0.1, 0.15) is 5.82 Å². The Balaban J connectivity index is 1.17. The van der Waals surface area contributed by atoms with Crippen molar-refractivity contribution in [2.75, 3.05) is 0 Å². The normalized spacial score (nSPS) is 11.5. The fraction of sp³-hybridized carbons (Fsp3) is 0.0625. The molecule has 0 aliphatic heterocycles. The number of pyridine rings is 1. The predicted molar refractivity (Wildman–Crippen MR) is 284 cm³/mol. The van der Waals surface area contributed by atoms with Crippen molar-refractivity contribution in [1.29, 1.82) is 5.26 Å². The summed E-state index contributed by atoms with van der Waals surface area (Å²) in [5.74, 6) is 0.788. The number of hydrogen-bond donors (Lipinski definition) is 0. The molecule has 0 unspecified atom stereocenters. The van der Waals surface area contributed by atoms with Crippen molar-refractivity contribution in [3.63, 3.8) is 0 Å². The van der Waals surface area contributed by atoms with E-state index in [0.29, 0.717) is 5.56 Å². The maximum Gasteiger partial charge on any atom is 0.138 e. The van der Waals surface area contributed by atoms with Crippen molar-refractivity contribution in [3.05, 3.63) is 234 Å². The first-order valence-corrected chi connectivity index (χ1v) is 23.2. The largest absolute Gasteiger partial charge is 0.307 e. The van der Waals surface area contributed by atoms with Crippen molar-refractivity contribution in [2.45, 2.75) is 27.7 Å². The molecule has 3 aromatic heterocycles. The molecule has 0 aliphatic rings. The van der Waals surface area contributed by atoms with Gasteiger partial charge in [0.25, 0.3) is 0 Å². The minimum atomic E-state index is 0.597. The van der Waals surface area contributed by atoms with Crippen LogP contribution in [0, 0.1) is 39.0 Å². The summed E-state index contributed by atoms with van der Waals surface area (Å²) in [6.45, 7) is 8.57. The van der Waals surface area contributed by atoms with Gasteiger partial charge in [0, 0.05) is 27.1 Å². The Kier molecular flexibility index (Phi) is 9.74. The maximum absolute atomic E-state index is 10.3. The van der Waals surface area contributed by atoms with Gasteiger partial charge in [-0.2, -0.15) is 5.26 Å². The van der Waals surface area contributed by atoms with Crippen LogP contribution in [0.15, 0.2) is 206 Å². The van der Waals surface area contributed by atoms with Crippen LogP contribution >= 0.6 is 0 Å². The molecule has 0 radical (unpaired) electrons. The molecule has 0 N–H and O–H groups in total. The van der Waals surface area contributed by atoms with Gasteiger partial charge in [0.15, 0.2) is 0 Å². The van der Waals surface area contributed by atoms with E-state index in [0.717, 1.165) is 88.5 Å². The third kappa shape index (κ3) is 7.05. The van der Waals surface area contributed by atoms with Crippen LogP contribution < -0.4 is 0 Å². The third-order valence-electron chi connectivity index (χ3n) is 13.6. The van der Waals surface area contributed by atoms with Gasteiger partial charge in [-0.25, -0.2) is 4.98 Å². The Morgan fingerprint density at radius 1 is 0.353 bits per heavy atom. The highest BCUT2D eigenvalue weighted by molar-refractivity contribution is 6.13. The molecule has 3 heterocycles. The lowest BCUT2D eigenvalue weighted by Gasteiger charge is -2.17. The monoisotopic (exact) mass is 870 g/mol. The lowest BCUT2D eigenvalue weighted by atomic mass is 10.0. The van der Waals surface area contributed by atoms with Crippen molar-refractivity contribution in [1.82, 2.24) is 14.1 Å². The summed E-state index contributed by atoms with van der Waals surface area (Å²) in [5.41, 5.74) is 21.8. The number of rotatable bonds is 7. The van der Waals surface area contributed by atoms with E-state index in [-0.39, 0.29) is 0 Å². The zero-order valence-electron chi connectivity index (χ0n) is 38.4. The van der Waals surface area contributed by atoms with E-state index in [2.05, 4.69) is 225 Å². The molecule has 4 nitrogen and oxygen atoms in total. The topological polar surface area (TPSA) is 46.5 Å². The highest BCUT2D eigenvalue weighted by Gasteiger charge is 2.22. The summed E-state index contributed by atoms with van der Waals surface area (Å²) in [4.78, 5) is 5.51. The molecule has 0 saturated carbocycles. The zero-order chi connectivity index (χ0) is 46.0. The van der Waals surface area contributed by atoms with Crippen LogP contribution in [-0.2, 0) is 0 Å². The molecule has 4 heteroatoms. The number of hydrogen-bond acceptors (Lipinski definition) is 2. The van der Waals surface area contributed by atoms with E-state index in [1.807, 2.05) is 24.4 Å². The van der Waals surface area contributed by atoms with E-state index < -0.39 is 0 Å². The first-order valence-electron chi connectivity index (χ1n) is 23.2. The van der Waals surface area contributed by atoms with Crippen LogP contribution in [0.5, 0.6) is 0 Å². The molecule has 0 spiro atoms. The second-order valence-electron chi connectivity index (χ2n) is 18.3. The van der Waals surface area contributed by atoms with E-state index in [9.17, 15) is 5.26 Å². The fourth-order valence-electron chi connectivity index (χ4n) is 10.3. The Morgan fingerprint density at radius 2 is 0.706 bits per heavy atom. The van der Waals surface area contributed by atoms with Crippen molar-refractivity contribution in [3.8, 4) is 73.2 Å². The number of aryl methyl sites for hydroxylation is 4. The lowest BCUT2D eigenvalue weighted by molar-refractivity contribution is 1.06. The summed E-state index contributed by atoms with van der Waals surface area (Å²) >= 11 is 0. The van der Waals surface area contributed by atoms with Gasteiger partial charge < -0.3 is 4.57 Å². The first kappa shape index (κ1) is 40.7. The summed E-state index contributed by atoms with van der Waals surface area (Å²) in [6, 6.07) is 74.8. The second-order valence-corrected chi connectivity index (χ2v) is 18.3. The van der Waals surface area contributed by atoms with Gasteiger partial charge in [0.2, 0.25) is 0 Å².